The number of anilines is 3. The van der Waals surface area contributed by atoms with E-state index in [2.05, 4.69) is 21.3 Å². The number of benzene rings is 2. The molecule has 0 saturated heterocycles. The van der Waals surface area contributed by atoms with Gasteiger partial charge in [0.25, 0.3) is 0 Å². The average molecular weight is 649 g/mol. The third-order valence-electron chi connectivity index (χ3n) is 7.65. The molecule has 0 aliphatic heterocycles. The second-order valence-electron chi connectivity index (χ2n) is 10.8. The zero-order chi connectivity index (χ0) is 33.4. The molecule has 3 amide bonds. The van der Waals surface area contributed by atoms with Gasteiger partial charge in [0.2, 0.25) is 28.9 Å². The first-order valence-electron chi connectivity index (χ1n) is 14.8. The van der Waals surface area contributed by atoms with Crippen LogP contribution >= 0.6 is 11.8 Å². The van der Waals surface area contributed by atoms with E-state index in [1.165, 1.54) is 27.0 Å². The fourth-order valence-corrected chi connectivity index (χ4v) is 6.06. The molecule has 3 aromatic carbocycles. The summed E-state index contributed by atoms with van der Waals surface area (Å²) >= 11 is 1.59. The Bertz CT molecular complexity index is 1660. The molecule has 244 valence electrons. The Morgan fingerprint density at radius 3 is 2.15 bits per heavy atom. The number of methoxy groups -OCH3 is 3. The Morgan fingerprint density at radius 2 is 1.57 bits per heavy atom. The third kappa shape index (κ3) is 7.92. The van der Waals surface area contributed by atoms with Crippen molar-refractivity contribution in [2.24, 2.45) is 0 Å². The largest absolute Gasteiger partial charge is 0.493 e. The van der Waals surface area contributed by atoms with Gasteiger partial charge in [-0.05, 0) is 90.4 Å². The topological polar surface area (TPSA) is 144 Å². The van der Waals surface area contributed by atoms with Crippen LogP contribution in [0.3, 0.4) is 0 Å². The predicted octanol–water partition coefficient (Wildman–Crippen LogP) is 4.99. The van der Waals surface area contributed by atoms with Gasteiger partial charge >= 0.3 is 0 Å². The van der Waals surface area contributed by atoms with Gasteiger partial charge in [0.15, 0.2) is 11.5 Å². The van der Waals surface area contributed by atoms with E-state index in [4.69, 9.17) is 14.2 Å². The summed E-state index contributed by atoms with van der Waals surface area (Å²) in [6, 6.07) is 12.5. The van der Waals surface area contributed by atoms with E-state index in [-0.39, 0.29) is 28.8 Å². The Labute approximate surface area is 272 Å². The van der Waals surface area contributed by atoms with Crippen molar-refractivity contribution in [3.8, 4) is 28.4 Å². The molecule has 0 spiro atoms. The minimum Gasteiger partial charge on any atom is -0.493 e. The van der Waals surface area contributed by atoms with Crippen LogP contribution in [0.25, 0.3) is 11.1 Å². The SMILES string of the molecule is COc1cc2c(c(OC)c1OC)-c1ccc(NC(CCSC)C(=O)Nc3ccc(NC(C)=O)cc3)c(=O)cc1C(NC(C)=O)CC2. The zero-order valence-electron chi connectivity index (χ0n) is 26.9. The highest BCUT2D eigenvalue weighted by Crippen LogP contribution is 2.50. The highest BCUT2D eigenvalue weighted by Gasteiger charge is 2.30. The van der Waals surface area contributed by atoms with E-state index in [9.17, 15) is 19.2 Å². The Kier molecular flexibility index (Phi) is 11.5. The maximum Gasteiger partial charge on any atom is 0.246 e. The van der Waals surface area contributed by atoms with Crippen LogP contribution in [0.1, 0.15) is 43.9 Å². The molecule has 0 aromatic heterocycles. The van der Waals surface area contributed by atoms with Crippen molar-refractivity contribution >= 4 is 46.5 Å². The fraction of sp³-hybridized carbons (Fsp3) is 0.353. The minimum atomic E-state index is -0.727. The van der Waals surface area contributed by atoms with E-state index < -0.39 is 12.1 Å². The molecule has 3 aromatic rings. The van der Waals surface area contributed by atoms with Crippen molar-refractivity contribution in [3.05, 3.63) is 69.9 Å². The van der Waals surface area contributed by atoms with Crippen LogP contribution in [0.15, 0.2) is 53.3 Å². The van der Waals surface area contributed by atoms with Crippen molar-refractivity contribution in [1.82, 2.24) is 5.32 Å². The van der Waals surface area contributed by atoms with Gasteiger partial charge in [-0.2, -0.15) is 11.8 Å². The van der Waals surface area contributed by atoms with E-state index in [1.807, 2.05) is 18.4 Å². The molecule has 0 saturated carbocycles. The van der Waals surface area contributed by atoms with Crippen molar-refractivity contribution < 1.29 is 28.6 Å². The van der Waals surface area contributed by atoms with Crippen molar-refractivity contribution in [1.29, 1.82) is 0 Å². The standard InChI is InChI=1S/C34H40N4O7S/c1-19(39)35-22-8-10-23(11-9-22)37-34(42)28(15-16-46-6)38-27-14-12-24-25(18-29(27)41)26(36-20(2)40)13-7-21-17-30(43-3)32(44-4)33(45-5)31(21)24/h8-12,14,17-18,26,28H,7,13,15-16H2,1-6H3,(H,35,39)(H,36,40)(H,37,42)(H,38,41). The summed E-state index contributed by atoms with van der Waals surface area (Å²) in [4.78, 5) is 50.9. The Morgan fingerprint density at radius 1 is 0.891 bits per heavy atom. The van der Waals surface area contributed by atoms with Gasteiger partial charge in [0.1, 0.15) is 6.04 Å². The lowest BCUT2D eigenvalue weighted by Gasteiger charge is -2.19. The van der Waals surface area contributed by atoms with E-state index in [0.717, 1.165) is 11.1 Å². The highest BCUT2D eigenvalue weighted by atomic mass is 32.2. The minimum absolute atomic E-state index is 0.191. The number of amides is 3. The monoisotopic (exact) mass is 648 g/mol. The summed E-state index contributed by atoms with van der Waals surface area (Å²) in [6.45, 7) is 2.87. The van der Waals surface area contributed by atoms with Gasteiger partial charge < -0.3 is 35.5 Å². The summed E-state index contributed by atoms with van der Waals surface area (Å²) < 4.78 is 17.1. The van der Waals surface area contributed by atoms with Crippen molar-refractivity contribution in [2.75, 3.05) is 49.3 Å². The van der Waals surface area contributed by atoms with Gasteiger partial charge in [-0.1, -0.05) is 6.07 Å². The molecule has 46 heavy (non-hydrogen) atoms. The number of rotatable bonds is 12. The molecule has 2 unspecified atom stereocenters. The number of hydrogen-bond acceptors (Lipinski definition) is 9. The van der Waals surface area contributed by atoms with Crippen LogP contribution in [-0.2, 0) is 20.8 Å². The first-order valence-corrected chi connectivity index (χ1v) is 16.2. The Balaban J connectivity index is 1.77. The number of carbonyl (C=O) groups is 3. The van der Waals surface area contributed by atoms with Gasteiger partial charge in [-0.25, -0.2) is 0 Å². The van der Waals surface area contributed by atoms with Crippen LogP contribution in [0.4, 0.5) is 17.1 Å². The summed E-state index contributed by atoms with van der Waals surface area (Å²) in [6.07, 6.45) is 3.52. The maximum atomic E-state index is 13.8. The van der Waals surface area contributed by atoms with Gasteiger partial charge in [0.05, 0.1) is 33.1 Å². The third-order valence-corrected chi connectivity index (χ3v) is 8.29. The van der Waals surface area contributed by atoms with E-state index in [0.29, 0.717) is 64.8 Å². The Hall–Kier alpha value is -4.71. The number of nitrogens with one attached hydrogen (secondary N) is 4. The first kappa shape index (κ1) is 34.2. The molecule has 1 aliphatic rings. The van der Waals surface area contributed by atoms with E-state index in [1.54, 1.807) is 56.3 Å². The van der Waals surface area contributed by atoms with Crippen molar-refractivity contribution in [3.63, 3.8) is 0 Å². The number of carbonyl (C=O) groups excluding carboxylic acids is 3. The van der Waals surface area contributed by atoms with Crippen LogP contribution in [0, 0.1) is 0 Å². The average Bonchev–Trinajstić information content (AvgIpc) is 3.26. The summed E-state index contributed by atoms with van der Waals surface area (Å²) in [5.74, 6) is 1.33. The van der Waals surface area contributed by atoms with Crippen LogP contribution in [-0.4, -0.2) is 57.1 Å². The second kappa shape index (κ2) is 15.5. The lowest BCUT2D eigenvalue weighted by atomic mass is 9.95. The van der Waals surface area contributed by atoms with E-state index >= 15 is 0 Å². The molecular weight excluding hydrogens is 608 g/mol. The molecule has 11 nitrogen and oxygen atoms in total. The molecule has 12 heteroatoms. The van der Waals surface area contributed by atoms with Crippen LogP contribution in [0.5, 0.6) is 17.2 Å². The smallest absolute Gasteiger partial charge is 0.246 e. The van der Waals surface area contributed by atoms with Gasteiger partial charge in [-0.15, -0.1) is 0 Å². The first-order chi connectivity index (χ1) is 22.1. The molecule has 0 fully saturated rings. The number of thioether (sulfide) groups is 1. The van der Waals surface area contributed by atoms with Gasteiger partial charge in [0, 0.05) is 30.8 Å². The molecular formula is C34H40N4O7S. The maximum absolute atomic E-state index is 13.8. The lowest BCUT2D eigenvalue weighted by molar-refractivity contribution is -0.120. The zero-order valence-corrected chi connectivity index (χ0v) is 27.7. The molecule has 4 rings (SSSR count). The van der Waals surface area contributed by atoms with Crippen molar-refractivity contribution in [2.45, 2.75) is 45.2 Å². The summed E-state index contributed by atoms with van der Waals surface area (Å²) in [5, 5.41) is 11.8. The van der Waals surface area contributed by atoms with Gasteiger partial charge in [-0.3, -0.25) is 19.2 Å². The number of aryl methyl sites for hydroxylation is 1. The number of fused-ring (bicyclic) bond motifs is 3. The molecule has 0 bridgehead atoms. The summed E-state index contributed by atoms with van der Waals surface area (Å²) in [7, 11) is 4.63. The quantitative estimate of drug-likeness (QED) is 0.213. The lowest BCUT2D eigenvalue weighted by Crippen LogP contribution is -2.36. The second-order valence-corrected chi connectivity index (χ2v) is 11.8. The number of hydrogen-bond donors (Lipinski definition) is 4. The highest BCUT2D eigenvalue weighted by molar-refractivity contribution is 7.98. The fourth-order valence-electron chi connectivity index (χ4n) is 5.59. The van der Waals surface area contributed by atoms with Crippen LogP contribution in [0.2, 0.25) is 0 Å². The normalized spacial score (nSPS) is 14.0. The predicted molar refractivity (Wildman–Crippen MR) is 182 cm³/mol. The molecule has 0 heterocycles. The number of ether oxygens (including phenoxy) is 3. The molecule has 4 N–H and O–H groups in total. The molecule has 1 aliphatic carbocycles. The van der Waals surface area contributed by atoms with Crippen LogP contribution < -0.4 is 40.9 Å². The molecule has 0 radical (unpaired) electrons. The summed E-state index contributed by atoms with van der Waals surface area (Å²) in [5.41, 5.74) is 4.04. The molecule has 2 atom stereocenters.